The van der Waals surface area contributed by atoms with E-state index < -0.39 is 0 Å². The van der Waals surface area contributed by atoms with Crippen molar-refractivity contribution in [3.63, 3.8) is 0 Å². The molecule has 0 bridgehead atoms. The molecule has 0 spiro atoms. The standard InChI is InChI=1S/C14H21NO2/c1-11(12-4-8-15-9-5-12)13(16)10-14(17-2)6-3-7-14/h4-5,8-9,11,13,16H,3,6-7,10H2,1-2H3. The molecule has 3 heteroatoms. The first-order valence-corrected chi connectivity index (χ1v) is 6.30. The lowest BCUT2D eigenvalue weighted by Crippen LogP contribution is -2.43. The number of ether oxygens (including phenoxy) is 1. The van der Waals surface area contributed by atoms with Gasteiger partial charge in [0.2, 0.25) is 0 Å². The molecular weight excluding hydrogens is 214 g/mol. The van der Waals surface area contributed by atoms with Crippen molar-refractivity contribution in [1.29, 1.82) is 0 Å². The minimum atomic E-state index is -0.349. The average molecular weight is 235 g/mol. The van der Waals surface area contributed by atoms with Gasteiger partial charge in [-0.2, -0.15) is 0 Å². The highest BCUT2D eigenvalue weighted by molar-refractivity contribution is 5.16. The predicted molar refractivity (Wildman–Crippen MR) is 66.9 cm³/mol. The molecule has 94 valence electrons. The van der Waals surface area contributed by atoms with Gasteiger partial charge in [-0.15, -0.1) is 0 Å². The van der Waals surface area contributed by atoms with Crippen LogP contribution in [0.15, 0.2) is 24.5 Å². The van der Waals surface area contributed by atoms with E-state index in [0.717, 1.165) is 24.8 Å². The van der Waals surface area contributed by atoms with Crippen molar-refractivity contribution < 1.29 is 9.84 Å². The SMILES string of the molecule is COC1(CC(O)C(C)c2ccncc2)CCC1. The summed E-state index contributed by atoms with van der Waals surface area (Å²) in [6.07, 6.45) is 7.28. The number of pyridine rings is 1. The Morgan fingerprint density at radius 1 is 1.41 bits per heavy atom. The Morgan fingerprint density at radius 2 is 2.06 bits per heavy atom. The van der Waals surface area contributed by atoms with Crippen LogP contribution in [0.1, 0.15) is 44.1 Å². The second-order valence-electron chi connectivity index (χ2n) is 5.08. The van der Waals surface area contributed by atoms with E-state index in [-0.39, 0.29) is 17.6 Å². The van der Waals surface area contributed by atoms with E-state index in [9.17, 15) is 5.11 Å². The van der Waals surface area contributed by atoms with Gasteiger partial charge in [-0.1, -0.05) is 6.92 Å². The van der Waals surface area contributed by atoms with Crippen LogP contribution in [0, 0.1) is 0 Å². The largest absolute Gasteiger partial charge is 0.392 e. The smallest absolute Gasteiger partial charge is 0.0703 e. The fourth-order valence-electron chi connectivity index (χ4n) is 2.51. The highest BCUT2D eigenvalue weighted by Gasteiger charge is 2.39. The summed E-state index contributed by atoms with van der Waals surface area (Å²) >= 11 is 0. The lowest BCUT2D eigenvalue weighted by molar-refractivity contribution is -0.102. The Hall–Kier alpha value is -0.930. The number of rotatable bonds is 5. The molecule has 1 N–H and O–H groups in total. The van der Waals surface area contributed by atoms with E-state index in [0.29, 0.717) is 0 Å². The van der Waals surface area contributed by atoms with Crippen LogP contribution in [0.3, 0.4) is 0 Å². The van der Waals surface area contributed by atoms with Crippen LogP contribution in [0.2, 0.25) is 0 Å². The summed E-state index contributed by atoms with van der Waals surface area (Å²) in [6.45, 7) is 2.06. The average Bonchev–Trinajstić information content (AvgIpc) is 2.33. The second kappa shape index (κ2) is 5.15. The van der Waals surface area contributed by atoms with Gasteiger partial charge in [-0.05, 0) is 37.0 Å². The molecule has 17 heavy (non-hydrogen) atoms. The highest BCUT2D eigenvalue weighted by atomic mass is 16.5. The number of hydrogen-bond donors (Lipinski definition) is 1. The Morgan fingerprint density at radius 3 is 2.53 bits per heavy atom. The molecule has 2 unspecified atom stereocenters. The van der Waals surface area contributed by atoms with E-state index in [1.54, 1.807) is 19.5 Å². The first kappa shape index (κ1) is 12.5. The van der Waals surface area contributed by atoms with Crippen LogP contribution >= 0.6 is 0 Å². The van der Waals surface area contributed by atoms with E-state index in [1.165, 1.54) is 6.42 Å². The van der Waals surface area contributed by atoms with Gasteiger partial charge in [0, 0.05) is 31.8 Å². The maximum absolute atomic E-state index is 10.3. The molecule has 1 aliphatic carbocycles. The van der Waals surface area contributed by atoms with E-state index in [1.807, 2.05) is 12.1 Å². The van der Waals surface area contributed by atoms with Crippen LogP contribution in [0.5, 0.6) is 0 Å². The highest BCUT2D eigenvalue weighted by Crippen LogP contribution is 2.40. The molecule has 0 aromatic carbocycles. The van der Waals surface area contributed by atoms with Crippen molar-refractivity contribution in [2.24, 2.45) is 0 Å². The topological polar surface area (TPSA) is 42.4 Å². The summed E-state index contributed by atoms with van der Waals surface area (Å²) in [5, 5.41) is 10.3. The molecule has 2 atom stereocenters. The first-order chi connectivity index (χ1) is 8.17. The monoisotopic (exact) mass is 235 g/mol. The van der Waals surface area contributed by atoms with Crippen molar-refractivity contribution in [2.75, 3.05) is 7.11 Å². The molecule has 1 heterocycles. The molecule has 1 aromatic rings. The number of aromatic nitrogens is 1. The van der Waals surface area contributed by atoms with Crippen LogP contribution in [0.4, 0.5) is 0 Å². The van der Waals surface area contributed by atoms with Gasteiger partial charge in [-0.3, -0.25) is 4.98 Å². The maximum atomic E-state index is 10.3. The Kier molecular flexibility index (Phi) is 3.79. The quantitative estimate of drug-likeness (QED) is 0.852. The molecular formula is C14H21NO2. The molecule has 1 saturated carbocycles. The number of nitrogens with zero attached hydrogens (tertiary/aromatic N) is 1. The third kappa shape index (κ3) is 2.67. The minimum Gasteiger partial charge on any atom is -0.392 e. The molecule has 0 radical (unpaired) electrons. The van der Waals surface area contributed by atoms with Crippen LogP contribution in [0.25, 0.3) is 0 Å². The molecule has 2 rings (SSSR count). The molecule has 0 amide bonds. The predicted octanol–water partition coefficient (Wildman–Crippen LogP) is 2.51. The van der Waals surface area contributed by atoms with Gasteiger partial charge in [0.25, 0.3) is 0 Å². The maximum Gasteiger partial charge on any atom is 0.0703 e. The summed E-state index contributed by atoms with van der Waals surface area (Å²) in [6, 6.07) is 3.93. The Balaban J connectivity index is 1.98. The summed E-state index contributed by atoms with van der Waals surface area (Å²) < 4.78 is 5.56. The molecule has 3 nitrogen and oxygen atoms in total. The van der Waals surface area contributed by atoms with Crippen molar-refractivity contribution in [3.8, 4) is 0 Å². The molecule has 0 aliphatic heterocycles. The van der Waals surface area contributed by atoms with Gasteiger partial charge >= 0.3 is 0 Å². The van der Waals surface area contributed by atoms with E-state index >= 15 is 0 Å². The fraction of sp³-hybridized carbons (Fsp3) is 0.643. The normalized spacial score (nSPS) is 21.6. The van der Waals surface area contributed by atoms with Crippen LogP contribution in [-0.4, -0.2) is 28.9 Å². The molecule has 1 aromatic heterocycles. The fourth-order valence-corrected chi connectivity index (χ4v) is 2.51. The molecule has 1 aliphatic rings. The lowest BCUT2D eigenvalue weighted by Gasteiger charge is -2.42. The molecule has 1 fully saturated rings. The van der Waals surface area contributed by atoms with Gasteiger partial charge in [0.15, 0.2) is 0 Å². The first-order valence-electron chi connectivity index (χ1n) is 6.30. The van der Waals surface area contributed by atoms with Crippen LogP contribution < -0.4 is 0 Å². The Bertz CT molecular complexity index is 343. The Labute approximate surface area is 103 Å². The summed E-state index contributed by atoms with van der Waals surface area (Å²) in [5.74, 6) is 0.130. The van der Waals surface area contributed by atoms with Gasteiger partial charge in [0.05, 0.1) is 11.7 Å². The summed E-state index contributed by atoms with van der Waals surface area (Å²) in [4.78, 5) is 4.00. The van der Waals surface area contributed by atoms with E-state index in [4.69, 9.17) is 4.74 Å². The van der Waals surface area contributed by atoms with Crippen molar-refractivity contribution in [2.45, 2.75) is 50.2 Å². The van der Waals surface area contributed by atoms with Gasteiger partial charge < -0.3 is 9.84 Å². The number of aliphatic hydroxyl groups excluding tert-OH is 1. The summed E-state index contributed by atoms with van der Waals surface area (Å²) in [7, 11) is 1.75. The molecule has 0 saturated heterocycles. The third-order valence-electron chi connectivity index (χ3n) is 4.09. The number of aliphatic hydroxyl groups is 1. The van der Waals surface area contributed by atoms with Crippen molar-refractivity contribution >= 4 is 0 Å². The van der Waals surface area contributed by atoms with Gasteiger partial charge in [-0.25, -0.2) is 0 Å². The minimum absolute atomic E-state index is 0.0687. The zero-order valence-corrected chi connectivity index (χ0v) is 10.6. The van der Waals surface area contributed by atoms with E-state index in [2.05, 4.69) is 11.9 Å². The van der Waals surface area contributed by atoms with Crippen molar-refractivity contribution in [1.82, 2.24) is 4.98 Å². The zero-order chi connectivity index (χ0) is 12.3. The number of methoxy groups -OCH3 is 1. The third-order valence-corrected chi connectivity index (χ3v) is 4.09. The number of hydrogen-bond acceptors (Lipinski definition) is 3. The van der Waals surface area contributed by atoms with Crippen LogP contribution in [-0.2, 0) is 4.74 Å². The summed E-state index contributed by atoms with van der Waals surface area (Å²) in [5.41, 5.74) is 1.07. The van der Waals surface area contributed by atoms with Crippen molar-refractivity contribution in [3.05, 3.63) is 30.1 Å². The lowest BCUT2D eigenvalue weighted by atomic mass is 9.74. The van der Waals surface area contributed by atoms with Gasteiger partial charge in [0.1, 0.15) is 0 Å². The zero-order valence-electron chi connectivity index (χ0n) is 10.6. The second-order valence-corrected chi connectivity index (χ2v) is 5.08.